The van der Waals surface area contributed by atoms with Crippen molar-refractivity contribution in [1.82, 2.24) is 9.97 Å². The van der Waals surface area contributed by atoms with E-state index in [1.807, 2.05) is 6.92 Å². The van der Waals surface area contributed by atoms with Crippen LogP contribution in [0.4, 0.5) is 11.6 Å². The van der Waals surface area contributed by atoms with Gasteiger partial charge in [-0.25, -0.2) is 9.97 Å². The smallest absolute Gasteiger partial charge is 0.134 e. The number of hydrogen-bond acceptors (Lipinski definition) is 5. The van der Waals surface area contributed by atoms with Crippen LogP contribution in [0.3, 0.4) is 0 Å². The fourth-order valence-corrected chi connectivity index (χ4v) is 1.84. The molecule has 16 heavy (non-hydrogen) atoms. The summed E-state index contributed by atoms with van der Waals surface area (Å²) in [6, 6.07) is 0. The lowest BCUT2D eigenvalue weighted by Gasteiger charge is -2.16. The van der Waals surface area contributed by atoms with Crippen molar-refractivity contribution < 1.29 is 5.11 Å². The molecule has 1 aliphatic rings. The Labute approximate surface area is 95.1 Å². The normalized spacial score (nSPS) is 17.1. The third kappa shape index (κ3) is 2.24. The average molecular weight is 222 g/mol. The number of hydrogen-bond donors (Lipinski definition) is 3. The number of rotatable bonds is 5. The van der Waals surface area contributed by atoms with E-state index in [1.54, 1.807) is 0 Å². The van der Waals surface area contributed by atoms with E-state index in [0.717, 1.165) is 24.3 Å². The molecule has 88 valence electrons. The van der Waals surface area contributed by atoms with E-state index in [-0.39, 0.29) is 12.0 Å². The molecular formula is C11H18N4O. The van der Waals surface area contributed by atoms with Crippen LogP contribution in [0.25, 0.3) is 0 Å². The molecule has 0 saturated heterocycles. The van der Waals surface area contributed by atoms with Gasteiger partial charge in [-0.05, 0) is 31.6 Å². The molecule has 1 aromatic heterocycles. The number of nitrogens with zero attached hydrogens (tertiary/aromatic N) is 2. The maximum atomic E-state index is 8.96. The topological polar surface area (TPSA) is 84.1 Å². The van der Waals surface area contributed by atoms with Crippen molar-refractivity contribution in [2.75, 3.05) is 24.2 Å². The van der Waals surface area contributed by atoms with Crippen molar-refractivity contribution in [3.05, 3.63) is 11.9 Å². The van der Waals surface area contributed by atoms with Crippen LogP contribution in [0.2, 0.25) is 0 Å². The van der Waals surface area contributed by atoms with Gasteiger partial charge < -0.3 is 16.2 Å². The number of aliphatic hydroxyl groups is 1. The van der Waals surface area contributed by atoms with Crippen LogP contribution >= 0.6 is 0 Å². The van der Waals surface area contributed by atoms with E-state index in [9.17, 15) is 0 Å². The number of nitrogen functional groups attached to an aromatic ring is 1. The summed E-state index contributed by atoms with van der Waals surface area (Å²) in [5, 5.41) is 12.3. The molecule has 0 amide bonds. The molecule has 4 N–H and O–H groups in total. The first-order valence-corrected chi connectivity index (χ1v) is 5.59. The minimum Gasteiger partial charge on any atom is -0.396 e. The SMILES string of the molecule is Cc1c(N)ncnc1NCC1(CCO)CC1. The zero-order valence-corrected chi connectivity index (χ0v) is 9.53. The summed E-state index contributed by atoms with van der Waals surface area (Å²) >= 11 is 0. The Kier molecular flexibility index (Phi) is 2.96. The molecule has 0 bridgehead atoms. The van der Waals surface area contributed by atoms with Gasteiger partial charge >= 0.3 is 0 Å². The molecule has 0 aliphatic heterocycles. The summed E-state index contributed by atoms with van der Waals surface area (Å²) in [6.45, 7) is 3.01. The van der Waals surface area contributed by atoms with Crippen molar-refractivity contribution in [2.24, 2.45) is 5.41 Å². The standard InChI is InChI=1S/C11H18N4O/c1-8-9(12)14-7-15-10(8)13-6-11(2-3-11)4-5-16/h7,16H,2-6H2,1H3,(H3,12,13,14,15). The summed E-state index contributed by atoms with van der Waals surface area (Å²) in [4.78, 5) is 8.09. The molecule has 1 fully saturated rings. The van der Waals surface area contributed by atoms with Crippen LogP contribution in [0.1, 0.15) is 24.8 Å². The Morgan fingerprint density at radius 1 is 1.50 bits per heavy atom. The lowest BCUT2D eigenvalue weighted by molar-refractivity contribution is 0.253. The maximum Gasteiger partial charge on any atom is 0.134 e. The zero-order valence-electron chi connectivity index (χ0n) is 9.53. The van der Waals surface area contributed by atoms with E-state index in [4.69, 9.17) is 10.8 Å². The van der Waals surface area contributed by atoms with Gasteiger partial charge in [0.2, 0.25) is 0 Å². The fraction of sp³-hybridized carbons (Fsp3) is 0.636. The molecule has 0 aromatic carbocycles. The lowest BCUT2D eigenvalue weighted by atomic mass is 10.0. The van der Waals surface area contributed by atoms with Crippen LogP contribution in [0.5, 0.6) is 0 Å². The number of anilines is 2. The molecule has 0 spiro atoms. The van der Waals surface area contributed by atoms with Gasteiger partial charge in [-0.3, -0.25) is 0 Å². The number of aliphatic hydroxyl groups excluding tert-OH is 1. The summed E-state index contributed by atoms with van der Waals surface area (Å²) in [5.41, 5.74) is 6.87. The molecule has 1 aromatic rings. The highest BCUT2D eigenvalue weighted by Crippen LogP contribution is 2.48. The Balaban J connectivity index is 1.97. The second kappa shape index (κ2) is 4.25. The molecule has 0 radical (unpaired) electrons. The molecule has 2 rings (SSSR count). The van der Waals surface area contributed by atoms with Gasteiger partial charge in [-0.2, -0.15) is 0 Å². The van der Waals surface area contributed by atoms with Gasteiger partial charge in [0, 0.05) is 18.7 Å². The van der Waals surface area contributed by atoms with Crippen molar-refractivity contribution in [1.29, 1.82) is 0 Å². The second-order valence-corrected chi connectivity index (χ2v) is 4.56. The molecule has 5 nitrogen and oxygen atoms in total. The first-order chi connectivity index (χ1) is 7.67. The first kappa shape index (κ1) is 11.1. The summed E-state index contributed by atoms with van der Waals surface area (Å²) < 4.78 is 0. The first-order valence-electron chi connectivity index (χ1n) is 5.59. The molecule has 1 heterocycles. The van der Waals surface area contributed by atoms with Gasteiger partial charge in [0.1, 0.15) is 18.0 Å². The van der Waals surface area contributed by atoms with Gasteiger partial charge in [0.25, 0.3) is 0 Å². The van der Waals surface area contributed by atoms with E-state index in [0.29, 0.717) is 5.82 Å². The predicted octanol–water partition coefficient (Wildman–Crippen LogP) is 0.942. The molecular weight excluding hydrogens is 204 g/mol. The van der Waals surface area contributed by atoms with Crippen molar-refractivity contribution in [3.8, 4) is 0 Å². The number of nitrogens with one attached hydrogen (secondary N) is 1. The molecule has 1 saturated carbocycles. The minimum absolute atomic E-state index is 0.257. The Morgan fingerprint density at radius 3 is 2.88 bits per heavy atom. The Bertz CT molecular complexity index is 376. The number of nitrogens with two attached hydrogens (primary N) is 1. The zero-order chi connectivity index (χ0) is 11.6. The third-order valence-corrected chi connectivity index (χ3v) is 3.35. The van der Waals surface area contributed by atoms with Crippen LogP contribution < -0.4 is 11.1 Å². The highest BCUT2D eigenvalue weighted by molar-refractivity contribution is 5.53. The summed E-state index contributed by atoms with van der Waals surface area (Å²) in [6.07, 6.45) is 4.69. The van der Waals surface area contributed by atoms with Crippen LogP contribution in [-0.2, 0) is 0 Å². The van der Waals surface area contributed by atoms with E-state index in [2.05, 4.69) is 15.3 Å². The minimum atomic E-state index is 0.257. The van der Waals surface area contributed by atoms with Gasteiger partial charge in [-0.15, -0.1) is 0 Å². The predicted molar refractivity (Wildman–Crippen MR) is 63.0 cm³/mol. The van der Waals surface area contributed by atoms with Crippen molar-refractivity contribution in [3.63, 3.8) is 0 Å². The van der Waals surface area contributed by atoms with E-state index in [1.165, 1.54) is 19.2 Å². The second-order valence-electron chi connectivity index (χ2n) is 4.56. The van der Waals surface area contributed by atoms with Crippen molar-refractivity contribution >= 4 is 11.6 Å². The van der Waals surface area contributed by atoms with E-state index >= 15 is 0 Å². The molecule has 0 unspecified atom stereocenters. The van der Waals surface area contributed by atoms with Crippen LogP contribution in [-0.4, -0.2) is 28.2 Å². The molecule has 1 aliphatic carbocycles. The molecule has 5 heteroatoms. The van der Waals surface area contributed by atoms with Crippen molar-refractivity contribution in [2.45, 2.75) is 26.2 Å². The van der Waals surface area contributed by atoms with Crippen LogP contribution in [0.15, 0.2) is 6.33 Å². The highest BCUT2D eigenvalue weighted by Gasteiger charge is 2.41. The van der Waals surface area contributed by atoms with Gasteiger partial charge in [0.15, 0.2) is 0 Å². The summed E-state index contributed by atoms with van der Waals surface area (Å²) in [5.74, 6) is 1.32. The average Bonchev–Trinajstić information content (AvgIpc) is 3.02. The van der Waals surface area contributed by atoms with Gasteiger partial charge in [-0.1, -0.05) is 0 Å². The number of aromatic nitrogens is 2. The third-order valence-electron chi connectivity index (χ3n) is 3.35. The quantitative estimate of drug-likeness (QED) is 0.690. The lowest BCUT2D eigenvalue weighted by Crippen LogP contribution is -2.18. The Hall–Kier alpha value is -1.36. The fourth-order valence-electron chi connectivity index (χ4n) is 1.84. The van der Waals surface area contributed by atoms with Gasteiger partial charge in [0.05, 0.1) is 0 Å². The highest BCUT2D eigenvalue weighted by atomic mass is 16.3. The monoisotopic (exact) mass is 222 g/mol. The van der Waals surface area contributed by atoms with E-state index < -0.39 is 0 Å². The Morgan fingerprint density at radius 2 is 2.25 bits per heavy atom. The largest absolute Gasteiger partial charge is 0.396 e. The maximum absolute atomic E-state index is 8.96. The molecule has 0 atom stereocenters. The summed E-state index contributed by atoms with van der Waals surface area (Å²) in [7, 11) is 0. The van der Waals surface area contributed by atoms with Crippen LogP contribution in [0, 0.1) is 12.3 Å².